The lowest BCUT2D eigenvalue weighted by atomic mass is 9.94. The number of nitriles is 1. The molecule has 0 radical (unpaired) electrons. The summed E-state index contributed by atoms with van der Waals surface area (Å²) in [6.07, 6.45) is -0.184. The average molecular weight is 368 g/mol. The van der Waals surface area contributed by atoms with Crippen molar-refractivity contribution in [3.05, 3.63) is 81.4 Å². The Kier molecular flexibility index (Phi) is 4.42. The van der Waals surface area contributed by atoms with E-state index in [1.165, 1.54) is 24.3 Å². The molecule has 3 rings (SSSR count). The van der Waals surface area contributed by atoms with Crippen molar-refractivity contribution in [3.63, 3.8) is 0 Å². The van der Waals surface area contributed by atoms with Crippen LogP contribution in [0.2, 0.25) is 0 Å². The number of nitrogens with zero attached hydrogens (tertiary/aromatic N) is 2. The highest BCUT2D eigenvalue weighted by molar-refractivity contribution is 7.85. The minimum atomic E-state index is -4.55. The molecule has 7 nitrogen and oxygen atoms in total. The normalized spacial score (nSPS) is 11.2. The van der Waals surface area contributed by atoms with Gasteiger partial charge in [0.05, 0.1) is 27.0 Å². The Bertz CT molecular complexity index is 1180. The molecule has 0 fully saturated rings. The monoisotopic (exact) mass is 368 g/mol. The van der Waals surface area contributed by atoms with Gasteiger partial charge in [0.1, 0.15) is 0 Å². The highest BCUT2D eigenvalue weighted by atomic mass is 32.2. The molecule has 130 valence electrons. The van der Waals surface area contributed by atoms with Crippen molar-refractivity contribution in [2.45, 2.75) is 11.3 Å². The zero-order valence-electron chi connectivity index (χ0n) is 13.3. The van der Waals surface area contributed by atoms with Crippen molar-refractivity contribution >= 4 is 26.6 Å². The molecule has 0 bridgehead atoms. The fourth-order valence-electron chi connectivity index (χ4n) is 2.95. The van der Waals surface area contributed by atoms with Gasteiger partial charge in [0.15, 0.2) is 0 Å². The second-order valence-corrected chi connectivity index (χ2v) is 6.98. The predicted molar refractivity (Wildman–Crippen MR) is 94.4 cm³/mol. The lowest BCUT2D eigenvalue weighted by molar-refractivity contribution is -0.385. The zero-order valence-corrected chi connectivity index (χ0v) is 14.1. The van der Waals surface area contributed by atoms with Gasteiger partial charge in [-0.1, -0.05) is 36.4 Å². The second kappa shape index (κ2) is 6.55. The van der Waals surface area contributed by atoms with Crippen molar-refractivity contribution in [2.75, 3.05) is 0 Å². The molecule has 0 aliphatic rings. The molecule has 0 aliphatic carbocycles. The first-order valence-corrected chi connectivity index (χ1v) is 8.91. The van der Waals surface area contributed by atoms with Crippen LogP contribution in [0.4, 0.5) is 5.69 Å². The highest BCUT2D eigenvalue weighted by Crippen LogP contribution is 2.32. The van der Waals surface area contributed by atoms with Crippen molar-refractivity contribution in [1.29, 1.82) is 5.26 Å². The topological polar surface area (TPSA) is 121 Å². The minimum Gasteiger partial charge on any atom is -0.282 e. The molecule has 0 aromatic heterocycles. The Morgan fingerprint density at radius 3 is 2.42 bits per heavy atom. The summed E-state index contributed by atoms with van der Waals surface area (Å²) in [5.74, 6) is 0. The first-order chi connectivity index (χ1) is 12.3. The standard InChI is InChI=1S/C18H12N2O5S/c19-11-13-5-3-7-17(20(21)22)15(13)10-16-14-6-2-1-4-12(14)8-9-18(16)26(23,24)25/h1-9H,10H2,(H,23,24,25). The van der Waals surface area contributed by atoms with Crippen LogP contribution in [0.25, 0.3) is 10.8 Å². The molecule has 3 aromatic carbocycles. The first-order valence-electron chi connectivity index (χ1n) is 7.47. The van der Waals surface area contributed by atoms with Gasteiger partial charge >= 0.3 is 0 Å². The number of nitro benzene ring substituents is 1. The maximum atomic E-state index is 11.8. The minimum absolute atomic E-state index is 0.0772. The van der Waals surface area contributed by atoms with Gasteiger partial charge in [-0.05, 0) is 28.5 Å². The van der Waals surface area contributed by atoms with Crippen molar-refractivity contribution in [2.24, 2.45) is 0 Å². The lowest BCUT2D eigenvalue weighted by Crippen LogP contribution is -2.07. The zero-order chi connectivity index (χ0) is 18.9. The Labute approximate surface area is 149 Å². The number of benzene rings is 3. The maximum absolute atomic E-state index is 11.8. The smallest absolute Gasteiger partial charge is 0.282 e. The Morgan fingerprint density at radius 2 is 1.77 bits per heavy atom. The number of fused-ring (bicyclic) bond motifs is 1. The van der Waals surface area contributed by atoms with Gasteiger partial charge in [-0.3, -0.25) is 14.7 Å². The summed E-state index contributed by atoms with van der Waals surface area (Å²) in [7, 11) is -4.55. The number of hydrogen-bond acceptors (Lipinski definition) is 5. The summed E-state index contributed by atoms with van der Waals surface area (Å²) < 4.78 is 33.2. The van der Waals surface area contributed by atoms with Crippen LogP contribution >= 0.6 is 0 Å². The molecule has 0 amide bonds. The number of hydrogen-bond donors (Lipinski definition) is 1. The van der Waals surface area contributed by atoms with Gasteiger partial charge in [0.2, 0.25) is 0 Å². The third kappa shape index (κ3) is 3.13. The van der Waals surface area contributed by atoms with Crippen molar-refractivity contribution in [3.8, 4) is 6.07 Å². The lowest BCUT2D eigenvalue weighted by Gasteiger charge is -2.12. The summed E-state index contributed by atoms with van der Waals surface area (Å²) in [4.78, 5) is 10.4. The SMILES string of the molecule is N#Cc1cccc([N+](=O)[O-])c1Cc1c(S(=O)(=O)O)ccc2ccccc12. The molecule has 26 heavy (non-hydrogen) atoms. The third-order valence-electron chi connectivity index (χ3n) is 4.10. The fraction of sp³-hybridized carbons (Fsp3) is 0.0556. The van der Waals surface area contributed by atoms with Gasteiger partial charge in [-0.25, -0.2) is 0 Å². The van der Waals surface area contributed by atoms with Crippen molar-refractivity contribution in [1.82, 2.24) is 0 Å². The Hall–Kier alpha value is -3.28. The van der Waals surface area contributed by atoms with Gasteiger partial charge in [-0.15, -0.1) is 0 Å². The van der Waals surface area contributed by atoms with Crippen LogP contribution in [-0.4, -0.2) is 17.9 Å². The third-order valence-corrected chi connectivity index (χ3v) is 5.04. The summed E-state index contributed by atoms with van der Waals surface area (Å²) in [6, 6.07) is 15.7. The largest absolute Gasteiger partial charge is 0.294 e. The summed E-state index contributed by atoms with van der Waals surface area (Å²) in [6.45, 7) is 0. The molecule has 0 saturated carbocycles. The van der Waals surface area contributed by atoms with Crippen molar-refractivity contribution < 1.29 is 17.9 Å². The predicted octanol–water partition coefficient (Wildman–Crippen LogP) is 3.46. The highest BCUT2D eigenvalue weighted by Gasteiger charge is 2.23. The van der Waals surface area contributed by atoms with Crippen LogP contribution in [0.15, 0.2) is 59.5 Å². The molecule has 8 heteroatoms. The van der Waals surface area contributed by atoms with E-state index in [2.05, 4.69) is 0 Å². The van der Waals surface area contributed by atoms with Crippen LogP contribution in [-0.2, 0) is 16.5 Å². The van der Waals surface area contributed by atoms with Gasteiger partial charge in [0, 0.05) is 12.5 Å². The van der Waals surface area contributed by atoms with Crippen LogP contribution in [0, 0.1) is 21.4 Å². The molecule has 0 unspecified atom stereocenters. The summed E-state index contributed by atoms with van der Waals surface area (Å²) in [5.41, 5.74) is 0.101. The molecular formula is C18H12N2O5S. The van der Waals surface area contributed by atoms with Gasteiger partial charge in [0.25, 0.3) is 15.8 Å². The van der Waals surface area contributed by atoms with Crippen LogP contribution in [0.3, 0.4) is 0 Å². The molecule has 0 spiro atoms. The molecule has 3 aromatic rings. The van der Waals surface area contributed by atoms with Crippen LogP contribution < -0.4 is 0 Å². The molecule has 1 N–H and O–H groups in total. The Balaban J connectivity index is 2.35. The van der Waals surface area contributed by atoms with E-state index in [-0.39, 0.29) is 33.7 Å². The van der Waals surface area contributed by atoms with E-state index in [1.807, 2.05) is 6.07 Å². The summed E-state index contributed by atoms with van der Waals surface area (Å²) in [5, 5.41) is 21.9. The van der Waals surface area contributed by atoms with E-state index in [0.29, 0.717) is 10.8 Å². The number of nitro groups is 1. The average Bonchev–Trinajstić information content (AvgIpc) is 2.60. The van der Waals surface area contributed by atoms with E-state index in [0.717, 1.165) is 0 Å². The molecule has 0 atom stereocenters. The first kappa shape index (κ1) is 17.5. The van der Waals surface area contributed by atoms with E-state index in [9.17, 15) is 28.3 Å². The fourth-order valence-corrected chi connectivity index (χ4v) is 3.69. The van der Waals surface area contributed by atoms with Gasteiger partial charge < -0.3 is 0 Å². The molecule has 0 saturated heterocycles. The quantitative estimate of drug-likeness (QED) is 0.427. The summed E-state index contributed by atoms with van der Waals surface area (Å²) >= 11 is 0. The Morgan fingerprint density at radius 1 is 1.04 bits per heavy atom. The molecule has 0 heterocycles. The van der Waals surface area contributed by atoms with E-state index in [1.54, 1.807) is 30.3 Å². The van der Waals surface area contributed by atoms with E-state index >= 15 is 0 Å². The number of rotatable bonds is 4. The maximum Gasteiger partial charge on any atom is 0.294 e. The van der Waals surface area contributed by atoms with E-state index < -0.39 is 15.0 Å². The van der Waals surface area contributed by atoms with E-state index in [4.69, 9.17) is 0 Å². The molecule has 0 aliphatic heterocycles. The van der Waals surface area contributed by atoms with Crippen LogP contribution in [0.5, 0.6) is 0 Å². The second-order valence-electron chi connectivity index (χ2n) is 5.59. The van der Waals surface area contributed by atoms with Gasteiger partial charge in [-0.2, -0.15) is 13.7 Å². The molecular weight excluding hydrogens is 356 g/mol. The van der Waals surface area contributed by atoms with Crippen LogP contribution in [0.1, 0.15) is 16.7 Å².